The molecular formula is C20H20N6O3. The first-order valence-electron chi connectivity index (χ1n) is 9.68. The van der Waals surface area contributed by atoms with Crippen LogP contribution in [-0.2, 0) is 6.54 Å². The summed E-state index contributed by atoms with van der Waals surface area (Å²) in [5.74, 6) is 1.76. The molecule has 2 aromatic heterocycles. The summed E-state index contributed by atoms with van der Waals surface area (Å²) < 4.78 is 11.2. The molecule has 0 aliphatic carbocycles. The SMILES string of the molecule is O=C(c1ccc2c(c1)OCCO2)N1CCC[C@@H]1Cn1nnc(-c2ccccn2)n1. The van der Waals surface area contributed by atoms with E-state index in [1.54, 1.807) is 29.2 Å². The van der Waals surface area contributed by atoms with Crippen LogP contribution in [0.5, 0.6) is 11.5 Å². The van der Waals surface area contributed by atoms with Crippen LogP contribution in [0, 0.1) is 0 Å². The normalized spacial score (nSPS) is 18.1. The summed E-state index contributed by atoms with van der Waals surface area (Å²) in [5, 5.41) is 12.7. The van der Waals surface area contributed by atoms with Gasteiger partial charge in [-0.05, 0) is 48.4 Å². The van der Waals surface area contributed by atoms with Crippen LogP contribution in [0.25, 0.3) is 11.5 Å². The van der Waals surface area contributed by atoms with Crippen LogP contribution in [0.1, 0.15) is 23.2 Å². The monoisotopic (exact) mass is 392 g/mol. The molecule has 2 aliphatic heterocycles. The smallest absolute Gasteiger partial charge is 0.254 e. The highest BCUT2D eigenvalue weighted by Gasteiger charge is 2.31. The lowest BCUT2D eigenvalue weighted by Gasteiger charge is -2.25. The van der Waals surface area contributed by atoms with Crippen molar-refractivity contribution in [3.8, 4) is 23.0 Å². The number of pyridine rings is 1. The molecule has 9 nitrogen and oxygen atoms in total. The number of carbonyl (C=O) groups is 1. The Morgan fingerprint density at radius 3 is 2.90 bits per heavy atom. The van der Waals surface area contributed by atoms with Gasteiger partial charge in [0.2, 0.25) is 5.82 Å². The summed E-state index contributed by atoms with van der Waals surface area (Å²) in [6.07, 6.45) is 3.54. The van der Waals surface area contributed by atoms with Gasteiger partial charge in [0.1, 0.15) is 18.9 Å². The molecular weight excluding hydrogens is 372 g/mol. The maximum absolute atomic E-state index is 13.1. The Bertz CT molecular complexity index is 1020. The zero-order valence-electron chi connectivity index (χ0n) is 15.8. The van der Waals surface area contributed by atoms with Crippen LogP contribution in [-0.4, -0.2) is 61.8 Å². The number of rotatable bonds is 4. The highest BCUT2D eigenvalue weighted by Crippen LogP contribution is 2.32. The van der Waals surface area contributed by atoms with Crippen LogP contribution in [0.3, 0.4) is 0 Å². The zero-order chi connectivity index (χ0) is 19.6. The first kappa shape index (κ1) is 17.6. The number of amides is 1. The van der Waals surface area contributed by atoms with Crippen LogP contribution in [0.15, 0.2) is 42.6 Å². The summed E-state index contributed by atoms with van der Waals surface area (Å²) in [6, 6.07) is 10.9. The summed E-state index contributed by atoms with van der Waals surface area (Å²) in [7, 11) is 0. The van der Waals surface area contributed by atoms with Gasteiger partial charge in [0.05, 0.1) is 12.6 Å². The van der Waals surface area contributed by atoms with E-state index >= 15 is 0 Å². The molecule has 9 heteroatoms. The number of carbonyl (C=O) groups excluding carboxylic acids is 1. The van der Waals surface area contributed by atoms with Crippen molar-refractivity contribution >= 4 is 5.91 Å². The van der Waals surface area contributed by atoms with Crippen molar-refractivity contribution in [2.75, 3.05) is 19.8 Å². The molecule has 29 heavy (non-hydrogen) atoms. The predicted octanol–water partition coefficient (Wildman–Crippen LogP) is 1.81. The van der Waals surface area contributed by atoms with E-state index < -0.39 is 0 Å². The topological polar surface area (TPSA) is 95.3 Å². The van der Waals surface area contributed by atoms with E-state index in [-0.39, 0.29) is 11.9 Å². The van der Waals surface area contributed by atoms with Gasteiger partial charge in [-0.2, -0.15) is 4.80 Å². The largest absolute Gasteiger partial charge is 0.486 e. The summed E-state index contributed by atoms with van der Waals surface area (Å²) in [5.41, 5.74) is 1.27. The molecule has 0 N–H and O–H groups in total. The number of benzene rings is 1. The minimum atomic E-state index is -0.0189. The molecule has 1 atom stereocenters. The van der Waals surface area contributed by atoms with Crippen LogP contribution in [0.2, 0.25) is 0 Å². The van der Waals surface area contributed by atoms with E-state index in [9.17, 15) is 4.79 Å². The number of fused-ring (bicyclic) bond motifs is 1. The molecule has 2 aliphatic rings. The maximum atomic E-state index is 13.1. The van der Waals surface area contributed by atoms with Crippen molar-refractivity contribution in [2.24, 2.45) is 0 Å². The lowest BCUT2D eigenvalue weighted by atomic mass is 10.1. The third-order valence-corrected chi connectivity index (χ3v) is 5.15. The minimum absolute atomic E-state index is 0.0153. The van der Waals surface area contributed by atoms with Gasteiger partial charge >= 0.3 is 0 Å². The second-order valence-electron chi connectivity index (χ2n) is 7.04. The summed E-state index contributed by atoms with van der Waals surface area (Å²) in [6.45, 7) is 2.23. The first-order chi connectivity index (χ1) is 14.3. The van der Waals surface area contributed by atoms with Crippen molar-refractivity contribution in [3.05, 3.63) is 48.2 Å². The molecule has 1 aromatic carbocycles. The number of ether oxygens (including phenoxy) is 2. The quantitative estimate of drug-likeness (QED) is 0.668. The van der Waals surface area contributed by atoms with E-state index in [0.717, 1.165) is 12.8 Å². The third-order valence-electron chi connectivity index (χ3n) is 5.15. The van der Waals surface area contributed by atoms with Crippen molar-refractivity contribution in [3.63, 3.8) is 0 Å². The van der Waals surface area contributed by atoms with Gasteiger partial charge < -0.3 is 14.4 Å². The predicted molar refractivity (Wildman–Crippen MR) is 103 cm³/mol. The molecule has 0 unspecified atom stereocenters. The van der Waals surface area contributed by atoms with E-state index in [0.29, 0.717) is 54.9 Å². The van der Waals surface area contributed by atoms with E-state index in [2.05, 4.69) is 20.4 Å². The zero-order valence-corrected chi connectivity index (χ0v) is 15.8. The Morgan fingerprint density at radius 2 is 2.03 bits per heavy atom. The second kappa shape index (κ2) is 7.50. The van der Waals surface area contributed by atoms with Crippen LogP contribution in [0.4, 0.5) is 0 Å². The molecule has 0 spiro atoms. The molecule has 1 amide bonds. The van der Waals surface area contributed by atoms with Gasteiger partial charge in [-0.3, -0.25) is 9.78 Å². The average molecular weight is 392 g/mol. The van der Waals surface area contributed by atoms with E-state index in [1.807, 2.05) is 23.1 Å². The van der Waals surface area contributed by atoms with E-state index in [4.69, 9.17) is 9.47 Å². The Labute approximate surface area is 167 Å². The number of nitrogens with zero attached hydrogens (tertiary/aromatic N) is 6. The number of likely N-dealkylation sites (tertiary alicyclic amines) is 1. The standard InChI is InChI=1S/C20H20N6O3/c27-20(14-6-7-17-18(12-14)29-11-10-28-17)25-9-3-4-15(25)13-26-23-19(22-24-26)16-5-1-2-8-21-16/h1-2,5-8,12,15H,3-4,9-11,13H2/t15-/m1/s1. The molecule has 148 valence electrons. The van der Waals surface area contributed by atoms with Crippen molar-refractivity contribution in [1.29, 1.82) is 0 Å². The Morgan fingerprint density at radius 1 is 1.14 bits per heavy atom. The molecule has 3 aromatic rings. The van der Waals surface area contributed by atoms with Crippen LogP contribution >= 0.6 is 0 Å². The Hall–Kier alpha value is -3.49. The number of aromatic nitrogens is 5. The highest BCUT2D eigenvalue weighted by atomic mass is 16.6. The molecule has 1 saturated heterocycles. The van der Waals surface area contributed by atoms with Gasteiger partial charge in [0.15, 0.2) is 11.5 Å². The van der Waals surface area contributed by atoms with Crippen molar-refractivity contribution < 1.29 is 14.3 Å². The minimum Gasteiger partial charge on any atom is -0.486 e. The summed E-state index contributed by atoms with van der Waals surface area (Å²) in [4.78, 5) is 20.8. The van der Waals surface area contributed by atoms with Gasteiger partial charge in [0, 0.05) is 18.3 Å². The van der Waals surface area contributed by atoms with Crippen molar-refractivity contribution in [1.82, 2.24) is 30.1 Å². The van der Waals surface area contributed by atoms with Crippen molar-refractivity contribution in [2.45, 2.75) is 25.4 Å². The first-order valence-corrected chi connectivity index (χ1v) is 9.68. The molecule has 4 heterocycles. The average Bonchev–Trinajstić information content (AvgIpc) is 3.43. The lowest BCUT2D eigenvalue weighted by molar-refractivity contribution is 0.0716. The summed E-state index contributed by atoms with van der Waals surface area (Å²) >= 11 is 0. The fraction of sp³-hybridized carbons (Fsp3) is 0.350. The van der Waals surface area contributed by atoms with Gasteiger partial charge in [0.25, 0.3) is 5.91 Å². The lowest BCUT2D eigenvalue weighted by Crippen LogP contribution is -2.38. The number of hydrogen-bond donors (Lipinski definition) is 0. The molecule has 0 radical (unpaired) electrons. The van der Waals surface area contributed by atoms with Gasteiger partial charge in [-0.1, -0.05) is 6.07 Å². The second-order valence-corrected chi connectivity index (χ2v) is 7.04. The van der Waals surface area contributed by atoms with Gasteiger partial charge in [-0.25, -0.2) is 0 Å². The molecule has 1 fully saturated rings. The Balaban J connectivity index is 1.31. The number of hydrogen-bond acceptors (Lipinski definition) is 7. The Kier molecular flexibility index (Phi) is 4.55. The number of tetrazole rings is 1. The molecule has 5 rings (SSSR count). The van der Waals surface area contributed by atoms with Gasteiger partial charge in [-0.15, -0.1) is 10.2 Å². The van der Waals surface area contributed by atoms with E-state index in [1.165, 1.54) is 0 Å². The third kappa shape index (κ3) is 3.51. The molecule has 0 bridgehead atoms. The fourth-order valence-corrected chi connectivity index (χ4v) is 3.74. The fourth-order valence-electron chi connectivity index (χ4n) is 3.74. The van der Waals surface area contributed by atoms with Crippen LogP contribution < -0.4 is 9.47 Å². The highest BCUT2D eigenvalue weighted by molar-refractivity contribution is 5.95. The molecule has 0 saturated carbocycles. The maximum Gasteiger partial charge on any atom is 0.254 e.